The summed E-state index contributed by atoms with van der Waals surface area (Å²) in [5.74, 6) is 0.746. The predicted octanol–water partition coefficient (Wildman–Crippen LogP) is 1.66. The standard InChI is InChI=1S/C15H23N3O2S/c1-2-16-9-12-3-6-14(17-10-12)21(19,20)18-11-15(7-8-15)13-4-5-13/h3,6,10,13,16,18H,2,4-5,7-9,11H2,1H3. The van der Waals surface area contributed by atoms with Crippen LogP contribution < -0.4 is 10.0 Å². The van der Waals surface area contributed by atoms with Crippen LogP contribution in [0.3, 0.4) is 0 Å². The van der Waals surface area contributed by atoms with Crippen LogP contribution in [0.2, 0.25) is 0 Å². The Morgan fingerprint density at radius 3 is 2.62 bits per heavy atom. The van der Waals surface area contributed by atoms with Crippen molar-refractivity contribution in [3.8, 4) is 0 Å². The highest BCUT2D eigenvalue weighted by atomic mass is 32.2. The lowest BCUT2D eigenvalue weighted by Crippen LogP contribution is -2.31. The van der Waals surface area contributed by atoms with Crippen molar-refractivity contribution < 1.29 is 8.42 Å². The second-order valence-corrected chi connectivity index (χ2v) is 7.96. The molecule has 5 nitrogen and oxygen atoms in total. The van der Waals surface area contributed by atoms with Crippen molar-refractivity contribution in [1.82, 2.24) is 15.0 Å². The van der Waals surface area contributed by atoms with Crippen LogP contribution in [-0.2, 0) is 16.6 Å². The fourth-order valence-corrected chi connectivity index (χ4v) is 3.91. The minimum absolute atomic E-state index is 0.120. The van der Waals surface area contributed by atoms with E-state index in [4.69, 9.17) is 0 Å². The minimum Gasteiger partial charge on any atom is -0.313 e. The molecule has 2 aliphatic carbocycles. The van der Waals surface area contributed by atoms with Gasteiger partial charge < -0.3 is 5.32 Å². The SMILES string of the molecule is CCNCc1ccc(S(=O)(=O)NCC2(C3CC3)CC2)nc1. The van der Waals surface area contributed by atoms with Gasteiger partial charge in [0.05, 0.1) is 0 Å². The van der Waals surface area contributed by atoms with E-state index in [1.165, 1.54) is 12.8 Å². The van der Waals surface area contributed by atoms with Crippen LogP contribution in [0.15, 0.2) is 23.4 Å². The van der Waals surface area contributed by atoms with Gasteiger partial charge in [-0.1, -0.05) is 13.0 Å². The summed E-state index contributed by atoms with van der Waals surface area (Å²) in [4.78, 5) is 4.09. The van der Waals surface area contributed by atoms with E-state index >= 15 is 0 Å². The summed E-state index contributed by atoms with van der Waals surface area (Å²) in [6.45, 7) is 4.19. The maximum atomic E-state index is 12.3. The third-order valence-corrected chi connectivity index (χ3v) is 5.92. The first-order chi connectivity index (χ1) is 10.1. The number of hydrogen-bond donors (Lipinski definition) is 2. The average molecular weight is 309 g/mol. The Morgan fingerprint density at radius 1 is 1.33 bits per heavy atom. The second kappa shape index (κ2) is 5.66. The molecule has 2 fully saturated rings. The maximum Gasteiger partial charge on any atom is 0.258 e. The molecule has 2 saturated carbocycles. The zero-order chi connectivity index (χ0) is 14.9. The van der Waals surface area contributed by atoms with Gasteiger partial charge in [-0.3, -0.25) is 0 Å². The molecular weight excluding hydrogens is 286 g/mol. The van der Waals surface area contributed by atoms with Crippen LogP contribution in [0.5, 0.6) is 0 Å². The molecule has 0 bridgehead atoms. The quantitative estimate of drug-likeness (QED) is 0.766. The van der Waals surface area contributed by atoms with Gasteiger partial charge >= 0.3 is 0 Å². The van der Waals surface area contributed by atoms with Crippen molar-refractivity contribution in [3.63, 3.8) is 0 Å². The lowest BCUT2D eigenvalue weighted by Gasteiger charge is -2.15. The van der Waals surface area contributed by atoms with Crippen molar-refractivity contribution in [1.29, 1.82) is 0 Å². The largest absolute Gasteiger partial charge is 0.313 e. The first-order valence-electron chi connectivity index (χ1n) is 7.71. The molecule has 21 heavy (non-hydrogen) atoms. The molecule has 0 radical (unpaired) electrons. The van der Waals surface area contributed by atoms with Gasteiger partial charge in [0.15, 0.2) is 5.03 Å². The van der Waals surface area contributed by atoms with E-state index in [1.54, 1.807) is 12.3 Å². The first-order valence-corrected chi connectivity index (χ1v) is 9.19. The molecular formula is C15H23N3O2S. The molecule has 0 amide bonds. The Kier molecular flexibility index (Phi) is 4.03. The first kappa shape index (κ1) is 14.9. The van der Waals surface area contributed by atoms with Crippen LogP contribution >= 0.6 is 0 Å². The fraction of sp³-hybridized carbons (Fsp3) is 0.667. The van der Waals surface area contributed by atoms with E-state index in [2.05, 4.69) is 15.0 Å². The van der Waals surface area contributed by atoms with E-state index in [0.29, 0.717) is 13.1 Å². The van der Waals surface area contributed by atoms with Gasteiger partial charge in [0.2, 0.25) is 0 Å². The topological polar surface area (TPSA) is 71.1 Å². The Bertz CT molecular complexity index is 590. The minimum atomic E-state index is -3.48. The maximum absolute atomic E-state index is 12.3. The van der Waals surface area contributed by atoms with E-state index in [0.717, 1.165) is 30.9 Å². The molecule has 1 aromatic rings. The second-order valence-electron chi connectivity index (χ2n) is 6.25. The predicted molar refractivity (Wildman–Crippen MR) is 81.2 cm³/mol. The normalized spacial score (nSPS) is 20.4. The number of aromatic nitrogens is 1. The van der Waals surface area contributed by atoms with Gasteiger partial charge in [-0.2, -0.15) is 0 Å². The molecule has 0 atom stereocenters. The molecule has 0 aliphatic heterocycles. The smallest absolute Gasteiger partial charge is 0.258 e. The number of sulfonamides is 1. The van der Waals surface area contributed by atoms with E-state index in [-0.39, 0.29) is 10.4 Å². The highest BCUT2D eigenvalue weighted by Crippen LogP contribution is 2.60. The highest BCUT2D eigenvalue weighted by Gasteiger charge is 2.53. The third-order valence-electron chi connectivity index (χ3n) is 4.60. The number of hydrogen-bond acceptors (Lipinski definition) is 4. The van der Waals surface area contributed by atoms with Gasteiger partial charge in [-0.15, -0.1) is 0 Å². The average Bonchev–Trinajstić information content (AvgIpc) is 3.36. The van der Waals surface area contributed by atoms with Gasteiger partial charge in [0.25, 0.3) is 10.0 Å². The Labute approximate surface area is 126 Å². The zero-order valence-corrected chi connectivity index (χ0v) is 13.2. The molecule has 0 aromatic carbocycles. The fourth-order valence-electron chi connectivity index (χ4n) is 2.84. The van der Waals surface area contributed by atoms with Crippen LogP contribution in [-0.4, -0.2) is 26.5 Å². The summed E-state index contributed by atoms with van der Waals surface area (Å²) in [7, 11) is -3.48. The van der Waals surface area contributed by atoms with E-state index < -0.39 is 10.0 Å². The lowest BCUT2D eigenvalue weighted by atomic mass is 10.0. The Balaban J connectivity index is 1.61. The number of rotatable bonds is 8. The third kappa shape index (κ3) is 3.44. The van der Waals surface area contributed by atoms with Crippen LogP contribution in [0, 0.1) is 11.3 Å². The molecule has 1 heterocycles. The molecule has 116 valence electrons. The summed E-state index contributed by atoms with van der Waals surface area (Å²) in [5.41, 5.74) is 1.25. The molecule has 2 aliphatic rings. The van der Waals surface area contributed by atoms with Crippen molar-refractivity contribution in [3.05, 3.63) is 23.9 Å². The number of nitrogens with one attached hydrogen (secondary N) is 2. The number of nitrogens with zero attached hydrogens (tertiary/aromatic N) is 1. The molecule has 0 saturated heterocycles. The number of pyridine rings is 1. The van der Waals surface area contributed by atoms with Crippen molar-refractivity contribution in [2.24, 2.45) is 11.3 Å². The van der Waals surface area contributed by atoms with Crippen molar-refractivity contribution in [2.75, 3.05) is 13.1 Å². The summed E-state index contributed by atoms with van der Waals surface area (Å²) >= 11 is 0. The van der Waals surface area contributed by atoms with E-state index in [1.807, 2.05) is 13.0 Å². The molecule has 6 heteroatoms. The highest BCUT2D eigenvalue weighted by molar-refractivity contribution is 7.89. The van der Waals surface area contributed by atoms with Gasteiger partial charge in [-0.05, 0) is 55.2 Å². The van der Waals surface area contributed by atoms with Crippen LogP contribution in [0.4, 0.5) is 0 Å². The zero-order valence-electron chi connectivity index (χ0n) is 12.4. The summed E-state index contributed by atoms with van der Waals surface area (Å²) in [6, 6.07) is 3.41. The monoisotopic (exact) mass is 309 g/mol. The van der Waals surface area contributed by atoms with Crippen molar-refractivity contribution >= 4 is 10.0 Å². The summed E-state index contributed by atoms with van der Waals surface area (Å²) in [6.07, 6.45) is 6.48. The van der Waals surface area contributed by atoms with Gasteiger partial charge in [-0.25, -0.2) is 18.1 Å². The molecule has 0 unspecified atom stereocenters. The Morgan fingerprint density at radius 2 is 2.10 bits per heavy atom. The van der Waals surface area contributed by atoms with Gasteiger partial charge in [0.1, 0.15) is 0 Å². The summed E-state index contributed by atoms with van der Waals surface area (Å²) in [5, 5.41) is 3.31. The molecule has 3 rings (SSSR count). The molecule has 2 N–H and O–H groups in total. The Hall–Kier alpha value is -0.980. The van der Waals surface area contributed by atoms with Crippen molar-refractivity contribution in [2.45, 2.75) is 44.2 Å². The van der Waals surface area contributed by atoms with Crippen LogP contribution in [0.1, 0.15) is 38.2 Å². The molecule has 0 spiro atoms. The lowest BCUT2D eigenvalue weighted by molar-refractivity contribution is 0.431. The molecule has 1 aromatic heterocycles. The van der Waals surface area contributed by atoms with Gasteiger partial charge in [0, 0.05) is 19.3 Å². The van der Waals surface area contributed by atoms with E-state index in [9.17, 15) is 8.42 Å². The van der Waals surface area contributed by atoms with Crippen LogP contribution in [0.25, 0.3) is 0 Å². The summed E-state index contributed by atoms with van der Waals surface area (Å²) < 4.78 is 27.3.